The van der Waals surface area contributed by atoms with Crippen LogP contribution in [0.15, 0.2) is 30.3 Å². The fourth-order valence-corrected chi connectivity index (χ4v) is 1.75. The Labute approximate surface area is 105 Å². The maximum atomic E-state index is 11.6. The molecule has 0 spiro atoms. The lowest BCUT2D eigenvalue weighted by atomic mass is 10.2. The number of benzene rings is 1. The van der Waals surface area contributed by atoms with Crippen LogP contribution in [0, 0.1) is 0 Å². The number of aromatic amines is 1. The molecule has 2 aromatic rings. The highest BCUT2D eigenvalue weighted by molar-refractivity contribution is 5.78. The summed E-state index contributed by atoms with van der Waals surface area (Å²) in [6, 6.07) is 10.1. The highest BCUT2D eigenvalue weighted by Crippen LogP contribution is 2.18. The van der Waals surface area contributed by atoms with Gasteiger partial charge in [-0.3, -0.25) is 9.89 Å². The SMILES string of the molecule is O=C(Cc1nc(-c2ccccc2)n[nH]1)NC1CC1. The van der Waals surface area contributed by atoms with E-state index in [0.717, 1.165) is 18.4 Å². The number of carbonyl (C=O) groups is 1. The summed E-state index contributed by atoms with van der Waals surface area (Å²) in [5, 5.41) is 9.85. The van der Waals surface area contributed by atoms with Gasteiger partial charge in [0.1, 0.15) is 5.82 Å². The van der Waals surface area contributed by atoms with E-state index in [9.17, 15) is 4.79 Å². The number of nitrogens with one attached hydrogen (secondary N) is 2. The zero-order chi connectivity index (χ0) is 12.4. The molecule has 1 saturated carbocycles. The van der Waals surface area contributed by atoms with Crippen LogP contribution < -0.4 is 5.32 Å². The van der Waals surface area contributed by atoms with Gasteiger partial charge in [0.2, 0.25) is 5.91 Å². The number of carbonyl (C=O) groups excluding carboxylic acids is 1. The lowest BCUT2D eigenvalue weighted by molar-refractivity contribution is -0.120. The third-order valence-corrected chi connectivity index (χ3v) is 2.83. The van der Waals surface area contributed by atoms with Crippen molar-refractivity contribution in [2.75, 3.05) is 0 Å². The van der Waals surface area contributed by atoms with E-state index >= 15 is 0 Å². The Morgan fingerprint density at radius 3 is 2.83 bits per heavy atom. The number of hydrogen-bond acceptors (Lipinski definition) is 3. The van der Waals surface area contributed by atoms with E-state index in [1.165, 1.54) is 0 Å². The van der Waals surface area contributed by atoms with Crippen molar-refractivity contribution in [2.45, 2.75) is 25.3 Å². The number of rotatable bonds is 4. The highest BCUT2D eigenvalue weighted by Gasteiger charge is 2.23. The average Bonchev–Trinajstić information content (AvgIpc) is 3.06. The number of aromatic nitrogens is 3. The first-order valence-corrected chi connectivity index (χ1v) is 6.07. The van der Waals surface area contributed by atoms with Crippen molar-refractivity contribution in [1.29, 1.82) is 0 Å². The van der Waals surface area contributed by atoms with Gasteiger partial charge in [0, 0.05) is 11.6 Å². The Kier molecular flexibility index (Phi) is 2.80. The fourth-order valence-electron chi connectivity index (χ4n) is 1.75. The Morgan fingerprint density at radius 1 is 1.33 bits per heavy atom. The molecule has 1 aliphatic carbocycles. The van der Waals surface area contributed by atoms with Crippen LogP contribution in [0.1, 0.15) is 18.7 Å². The molecule has 0 unspecified atom stereocenters. The predicted molar refractivity (Wildman–Crippen MR) is 66.7 cm³/mol. The molecule has 0 radical (unpaired) electrons. The zero-order valence-corrected chi connectivity index (χ0v) is 9.89. The zero-order valence-electron chi connectivity index (χ0n) is 9.89. The van der Waals surface area contributed by atoms with Gasteiger partial charge in [-0.25, -0.2) is 4.98 Å². The first-order valence-electron chi connectivity index (χ1n) is 6.07. The normalized spacial score (nSPS) is 14.4. The van der Waals surface area contributed by atoms with Gasteiger partial charge in [0.25, 0.3) is 0 Å². The van der Waals surface area contributed by atoms with Crippen LogP contribution in [0.5, 0.6) is 0 Å². The Morgan fingerprint density at radius 2 is 2.11 bits per heavy atom. The standard InChI is InChI=1S/C13H14N4O/c18-12(14-10-6-7-10)8-11-15-13(17-16-11)9-4-2-1-3-5-9/h1-5,10H,6-8H2,(H,14,18)(H,15,16,17). The summed E-state index contributed by atoms with van der Waals surface area (Å²) < 4.78 is 0. The molecule has 1 amide bonds. The Bertz CT molecular complexity index is 545. The molecule has 5 heteroatoms. The lowest BCUT2D eigenvalue weighted by Gasteiger charge is -1.99. The molecule has 1 fully saturated rings. The van der Waals surface area contributed by atoms with Crippen molar-refractivity contribution in [1.82, 2.24) is 20.5 Å². The van der Waals surface area contributed by atoms with Crippen LogP contribution in [0.3, 0.4) is 0 Å². The molecule has 0 saturated heterocycles. The minimum Gasteiger partial charge on any atom is -0.353 e. The predicted octanol–water partition coefficient (Wildman–Crippen LogP) is 1.29. The lowest BCUT2D eigenvalue weighted by Crippen LogP contribution is -2.27. The van der Waals surface area contributed by atoms with Crippen molar-refractivity contribution < 1.29 is 4.79 Å². The van der Waals surface area contributed by atoms with E-state index in [2.05, 4.69) is 20.5 Å². The smallest absolute Gasteiger partial charge is 0.227 e. The van der Waals surface area contributed by atoms with E-state index in [0.29, 0.717) is 17.7 Å². The average molecular weight is 242 g/mol. The molecule has 1 heterocycles. The Balaban J connectivity index is 1.67. The topological polar surface area (TPSA) is 70.7 Å². The molecule has 3 rings (SSSR count). The molecule has 5 nitrogen and oxygen atoms in total. The number of amides is 1. The van der Waals surface area contributed by atoms with Crippen LogP contribution >= 0.6 is 0 Å². The Hall–Kier alpha value is -2.17. The summed E-state index contributed by atoms with van der Waals surface area (Å²) in [4.78, 5) is 15.9. The van der Waals surface area contributed by atoms with Crippen molar-refractivity contribution in [3.05, 3.63) is 36.2 Å². The molecule has 1 aliphatic rings. The third-order valence-electron chi connectivity index (χ3n) is 2.83. The van der Waals surface area contributed by atoms with E-state index in [1.54, 1.807) is 0 Å². The van der Waals surface area contributed by atoms with Crippen LogP contribution in [0.25, 0.3) is 11.4 Å². The maximum absolute atomic E-state index is 11.6. The monoisotopic (exact) mass is 242 g/mol. The molecule has 0 atom stereocenters. The molecule has 1 aromatic heterocycles. The largest absolute Gasteiger partial charge is 0.353 e. The molecule has 0 bridgehead atoms. The second kappa shape index (κ2) is 4.60. The van der Waals surface area contributed by atoms with Gasteiger partial charge in [-0.15, -0.1) is 0 Å². The summed E-state index contributed by atoms with van der Waals surface area (Å²) >= 11 is 0. The number of H-pyrrole nitrogens is 1. The van der Waals surface area contributed by atoms with Gasteiger partial charge < -0.3 is 5.32 Å². The fraction of sp³-hybridized carbons (Fsp3) is 0.308. The van der Waals surface area contributed by atoms with Crippen molar-refractivity contribution >= 4 is 5.91 Å². The molecular formula is C13H14N4O. The summed E-state index contributed by atoms with van der Waals surface area (Å²) in [6.07, 6.45) is 2.45. The quantitative estimate of drug-likeness (QED) is 0.848. The second-order valence-electron chi connectivity index (χ2n) is 4.49. The van der Waals surface area contributed by atoms with Gasteiger partial charge >= 0.3 is 0 Å². The molecule has 92 valence electrons. The molecule has 2 N–H and O–H groups in total. The molecule has 18 heavy (non-hydrogen) atoms. The van der Waals surface area contributed by atoms with Crippen LogP contribution in [-0.4, -0.2) is 27.1 Å². The van der Waals surface area contributed by atoms with E-state index in [-0.39, 0.29) is 12.3 Å². The van der Waals surface area contributed by atoms with Gasteiger partial charge in [0.15, 0.2) is 5.82 Å². The summed E-state index contributed by atoms with van der Waals surface area (Å²) in [5.41, 5.74) is 0.947. The van der Waals surface area contributed by atoms with E-state index in [4.69, 9.17) is 0 Å². The summed E-state index contributed by atoms with van der Waals surface area (Å²) in [6.45, 7) is 0. The van der Waals surface area contributed by atoms with Crippen LogP contribution in [0.4, 0.5) is 0 Å². The second-order valence-corrected chi connectivity index (χ2v) is 4.49. The molecule has 1 aromatic carbocycles. The van der Waals surface area contributed by atoms with E-state index in [1.807, 2.05) is 30.3 Å². The number of hydrogen-bond donors (Lipinski definition) is 2. The molecule has 0 aliphatic heterocycles. The van der Waals surface area contributed by atoms with Gasteiger partial charge in [-0.1, -0.05) is 30.3 Å². The van der Waals surface area contributed by atoms with Crippen molar-refractivity contribution in [3.8, 4) is 11.4 Å². The van der Waals surface area contributed by atoms with Gasteiger partial charge in [-0.05, 0) is 12.8 Å². The third kappa shape index (κ3) is 2.56. The van der Waals surface area contributed by atoms with Gasteiger partial charge in [0.05, 0.1) is 6.42 Å². The molecular weight excluding hydrogens is 228 g/mol. The summed E-state index contributed by atoms with van der Waals surface area (Å²) in [5.74, 6) is 1.24. The first-order chi connectivity index (χ1) is 8.81. The van der Waals surface area contributed by atoms with Crippen molar-refractivity contribution in [3.63, 3.8) is 0 Å². The van der Waals surface area contributed by atoms with Crippen LogP contribution in [0.2, 0.25) is 0 Å². The number of nitrogens with zero attached hydrogens (tertiary/aromatic N) is 2. The van der Waals surface area contributed by atoms with Gasteiger partial charge in [-0.2, -0.15) is 5.10 Å². The minimum atomic E-state index is 0.00765. The van der Waals surface area contributed by atoms with Crippen LogP contribution in [-0.2, 0) is 11.2 Å². The minimum absolute atomic E-state index is 0.00765. The van der Waals surface area contributed by atoms with Crippen molar-refractivity contribution in [2.24, 2.45) is 0 Å². The maximum Gasteiger partial charge on any atom is 0.227 e. The highest BCUT2D eigenvalue weighted by atomic mass is 16.1. The summed E-state index contributed by atoms with van der Waals surface area (Å²) in [7, 11) is 0. The van der Waals surface area contributed by atoms with E-state index < -0.39 is 0 Å². The first kappa shape index (κ1) is 11.0.